The average molecular weight is 222 g/mol. The van der Waals surface area contributed by atoms with Crippen LogP contribution in [0.15, 0.2) is 18.2 Å². The van der Waals surface area contributed by atoms with E-state index in [4.69, 9.17) is 10.5 Å². The van der Waals surface area contributed by atoms with E-state index in [0.29, 0.717) is 12.2 Å². The zero-order chi connectivity index (χ0) is 11.8. The number of nitrogen functional groups attached to an aromatic ring is 1. The Morgan fingerprint density at radius 1 is 1.50 bits per heavy atom. The van der Waals surface area contributed by atoms with Gasteiger partial charge in [0.25, 0.3) is 0 Å². The van der Waals surface area contributed by atoms with Crippen molar-refractivity contribution in [2.24, 2.45) is 0 Å². The van der Waals surface area contributed by atoms with Gasteiger partial charge in [0.2, 0.25) is 0 Å². The second-order valence-electron chi connectivity index (χ2n) is 4.60. The molecule has 4 heteroatoms. The Kier molecular flexibility index (Phi) is 2.68. The predicted octanol–water partition coefficient (Wildman–Crippen LogP) is 1.24. The lowest BCUT2D eigenvalue weighted by Gasteiger charge is -2.23. The number of β-amino-alcohol motifs (C(OH)–C–C–N with tert-alkyl or cyclic N) is 1. The summed E-state index contributed by atoms with van der Waals surface area (Å²) in [5.74, 6) is 0.762. The maximum atomic E-state index is 9.94. The molecule has 1 atom stereocenters. The summed E-state index contributed by atoms with van der Waals surface area (Å²) in [6, 6.07) is 5.60. The Hall–Kier alpha value is -1.42. The van der Waals surface area contributed by atoms with Crippen molar-refractivity contribution in [1.29, 1.82) is 0 Å². The first kappa shape index (κ1) is 11.1. The van der Waals surface area contributed by atoms with Gasteiger partial charge in [0.1, 0.15) is 5.75 Å². The number of anilines is 2. The molecule has 16 heavy (non-hydrogen) atoms. The van der Waals surface area contributed by atoms with Crippen LogP contribution in [-0.2, 0) is 0 Å². The van der Waals surface area contributed by atoms with E-state index in [0.717, 1.165) is 24.4 Å². The van der Waals surface area contributed by atoms with Crippen LogP contribution < -0.4 is 15.4 Å². The van der Waals surface area contributed by atoms with Crippen molar-refractivity contribution in [1.82, 2.24) is 0 Å². The lowest BCUT2D eigenvalue weighted by Crippen LogP contribution is -2.29. The van der Waals surface area contributed by atoms with Crippen molar-refractivity contribution >= 4 is 11.4 Å². The summed E-state index contributed by atoms with van der Waals surface area (Å²) < 4.78 is 5.30. The topological polar surface area (TPSA) is 58.7 Å². The van der Waals surface area contributed by atoms with Crippen LogP contribution in [-0.4, -0.2) is 30.9 Å². The molecule has 0 saturated carbocycles. The summed E-state index contributed by atoms with van der Waals surface area (Å²) in [5.41, 5.74) is 6.78. The Balaban J connectivity index is 2.27. The van der Waals surface area contributed by atoms with E-state index in [1.54, 1.807) is 7.11 Å². The van der Waals surface area contributed by atoms with Gasteiger partial charge in [-0.15, -0.1) is 0 Å². The number of hydrogen-bond donors (Lipinski definition) is 2. The molecule has 0 aromatic heterocycles. The highest BCUT2D eigenvalue weighted by Gasteiger charge is 2.32. The second-order valence-corrected chi connectivity index (χ2v) is 4.60. The summed E-state index contributed by atoms with van der Waals surface area (Å²) in [5, 5.41) is 9.94. The van der Waals surface area contributed by atoms with E-state index in [1.165, 1.54) is 0 Å². The van der Waals surface area contributed by atoms with Crippen molar-refractivity contribution < 1.29 is 9.84 Å². The van der Waals surface area contributed by atoms with Gasteiger partial charge in [-0.05, 0) is 25.5 Å². The first-order chi connectivity index (χ1) is 7.52. The van der Waals surface area contributed by atoms with E-state index >= 15 is 0 Å². The van der Waals surface area contributed by atoms with Crippen LogP contribution in [0, 0.1) is 0 Å². The Labute approximate surface area is 95.6 Å². The standard InChI is InChI=1S/C12H18N2O2/c1-12(15)5-6-14(8-12)10-4-3-9(13)7-11(10)16-2/h3-4,7,15H,5-6,8,13H2,1-2H3/t12-/m0/s1. The van der Waals surface area contributed by atoms with E-state index in [-0.39, 0.29) is 0 Å². The van der Waals surface area contributed by atoms with Gasteiger partial charge in [0.05, 0.1) is 18.4 Å². The number of hydrogen-bond acceptors (Lipinski definition) is 4. The third-order valence-corrected chi connectivity index (χ3v) is 3.00. The smallest absolute Gasteiger partial charge is 0.144 e. The number of nitrogens with two attached hydrogens (primary N) is 1. The van der Waals surface area contributed by atoms with Crippen LogP contribution in [0.5, 0.6) is 5.75 Å². The maximum Gasteiger partial charge on any atom is 0.144 e. The molecule has 0 radical (unpaired) electrons. The molecule has 0 unspecified atom stereocenters. The molecule has 1 aliphatic rings. The van der Waals surface area contributed by atoms with Gasteiger partial charge in [-0.2, -0.15) is 0 Å². The fraction of sp³-hybridized carbons (Fsp3) is 0.500. The lowest BCUT2D eigenvalue weighted by molar-refractivity contribution is 0.0839. The molecule has 0 spiro atoms. The highest BCUT2D eigenvalue weighted by Crippen LogP contribution is 2.34. The molecule has 1 fully saturated rings. The van der Waals surface area contributed by atoms with Crippen molar-refractivity contribution in [3.05, 3.63) is 18.2 Å². The van der Waals surface area contributed by atoms with Crippen molar-refractivity contribution in [3.63, 3.8) is 0 Å². The summed E-state index contributed by atoms with van der Waals surface area (Å²) in [6.45, 7) is 3.33. The quantitative estimate of drug-likeness (QED) is 0.739. The van der Waals surface area contributed by atoms with Crippen LogP contribution >= 0.6 is 0 Å². The summed E-state index contributed by atoms with van der Waals surface area (Å²) in [7, 11) is 1.63. The first-order valence-corrected chi connectivity index (χ1v) is 5.43. The zero-order valence-electron chi connectivity index (χ0n) is 9.73. The molecule has 0 aliphatic carbocycles. The van der Waals surface area contributed by atoms with E-state index in [2.05, 4.69) is 4.90 Å². The monoisotopic (exact) mass is 222 g/mol. The molecular weight excluding hydrogens is 204 g/mol. The van der Waals surface area contributed by atoms with Gasteiger partial charge in [-0.25, -0.2) is 0 Å². The third-order valence-electron chi connectivity index (χ3n) is 3.00. The molecular formula is C12H18N2O2. The largest absolute Gasteiger partial charge is 0.495 e. The third kappa shape index (κ3) is 2.07. The number of aliphatic hydroxyl groups is 1. The van der Waals surface area contributed by atoms with Gasteiger partial charge >= 0.3 is 0 Å². The minimum Gasteiger partial charge on any atom is -0.495 e. The van der Waals surface area contributed by atoms with Crippen LogP contribution in [0.3, 0.4) is 0 Å². The SMILES string of the molecule is COc1cc(N)ccc1N1CC[C@](C)(O)C1. The van der Waals surface area contributed by atoms with Gasteiger partial charge in [0.15, 0.2) is 0 Å². The highest BCUT2D eigenvalue weighted by molar-refractivity contribution is 5.64. The number of ether oxygens (including phenoxy) is 1. The predicted molar refractivity (Wildman–Crippen MR) is 64.9 cm³/mol. The van der Waals surface area contributed by atoms with Gasteiger partial charge < -0.3 is 20.5 Å². The summed E-state index contributed by atoms with van der Waals surface area (Å²) in [4.78, 5) is 2.12. The molecule has 1 aliphatic heterocycles. The summed E-state index contributed by atoms with van der Waals surface area (Å²) >= 11 is 0. The highest BCUT2D eigenvalue weighted by atomic mass is 16.5. The Morgan fingerprint density at radius 3 is 2.81 bits per heavy atom. The van der Waals surface area contributed by atoms with E-state index < -0.39 is 5.60 Å². The number of methoxy groups -OCH3 is 1. The fourth-order valence-corrected chi connectivity index (χ4v) is 2.11. The lowest BCUT2D eigenvalue weighted by atomic mass is 10.1. The minimum atomic E-state index is -0.605. The normalized spacial score (nSPS) is 24.8. The molecule has 2 rings (SSSR count). The Morgan fingerprint density at radius 2 is 2.25 bits per heavy atom. The van der Waals surface area contributed by atoms with E-state index in [9.17, 15) is 5.11 Å². The zero-order valence-corrected chi connectivity index (χ0v) is 9.73. The molecule has 88 valence electrons. The van der Waals surface area contributed by atoms with Crippen LogP contribution in [0.1, 0.15) is 13.3 Å². The van der Waals surface area contributed by atoms with Crippen molar-refractivity contribution in [3.8, 4) is 5.75 Å². The van der Waals surface area contributed by atoms with Crippen molar-refractivity contribution in [2.75, 3.05) is 30.8 Å². The van der Waals surface area contributed by atoms with Gasteiger partial charge in [-0.1, -0.05) is 0 Å². The van der Waals surface area contributed by atoms with Crippen LogP contribution in [0.4, 0.5) is 11.4 Å². The molecule has 1 aromatic rings. The molecule has 4 nitrogen and oxygen atoms in total. The molecule has 1 saturated heterocycles. The summed E-state index contributed by atoms with van der Waals surface area (Å²) in [6.07, 6.45) is 0.778. The molecule has 0 bridgehead atoms. The van der Waals surface area contributed by atoms with Crippen LogP contribution in [0.25, 0.3) is 0 Å². The fourth-order valence-electron chi connectivity index (χ4n) is 2.11. The van der Waals surface area contributed by atoms with Crippen LogP contribution in [0.2, 0.25) is 0 Å². The van der Waals surface area contributed by atoms with Crippen molar-refractivity contribution in [2.45, 2.75) is 18.9 Å². The molecule has 1 heterocycles. The number of nitrogens with zero attached hydrogens (tertiary/aromatic N) is 1. The Bertz CT molecular complexity index is 391. The first-order valence-electron chi connectivity index (χ1n) is 5.43. The molecule has 1 aromatic carbocycles. The molecule has 0 amide bonds. The maximum absolute atomic E-state index is 9.94. The van der Waals surface area contributed by atoms with E-state index in [1.807, 2.05) is 25.1 Å². The van der Waals surface area contributed by atoms with Gasteiger partial charge in [-0.3, -0.25) is 0 Å². The number of rotatable bonds is 2. The minimum absolute atomic E-state index is 0.605. The number of benzene rings is 1. The molecule has 3 N–H and O–H groups in total. The second kappa shape index (κ2) is 3.87. The van der Waals surface area contributed by atoms with Gasteiger partial charge in [0, 0.05) is 24.8 Å². The average Bonchev–Trinajstić information content (AvgIpc) is 2.58.